The fraction of sp³-hybridized carbons (Fsp3) is 0.391. The molecule has 1 atom stereocenters. The molecular weight excluding hydrogens is 425 g/mol. The van der Waals surface area contributed by atoms with Gasteiger partial charge in [0.25, 0.3) is 5.91 Å². The molecule has 0 saturated carbocycles. The fourth-order valence-electron chi connectivity index (χ4n) is 4.76. The van der Waals surface area contributed by atoms with Crippen molar-refractivity contribution in [3.05, 3.63) is 52.9 Å². The molecule has 5 heterocycles. The molecule has 5 rings (SSSR count). The van der Waals surface area contributed by atoms with Crippen LogP contribution >= 0.6 is 0 Å². The van der Waals surface area contributed by atoms with Gasteiger partial charge in [-0.15, -0.1) is 0 Å². The van der Waals surface area contributed by atoms with Crippen LogP contribution in [0.3, 0.4) is 0 Å². The van der Waals surface area contributed by atoms with Crippen molar-refractivity contribution < 1.29 is 14.0 Å². The van der Waals surface area contributed by atoms with Gasteiger partial charge in [-0.1, -0.05) is 0 Å². The van der Waals surface area contributed by atoms with Crippen LogP contribution in [0.4, 0.5) is 15.8 Å². The summed E-state index contributed by atoms with van der Waals surface area (Å²) in [5.74, 6) is -1.27. The van der Waals surface area contributed by atoms with Crippen molar-refractivity contribution in [3.8, 4) is 0 Å². The Labute approximate surface area is 190 Å². The van der Waals surface area contributed by atoms with E-state index in [0.717, 1.165) is 41.1 Å². The Morgan fingerprint density at radius 2 is 2.03 bits per heavy atom. The maximum absolute atomic E-state index is 14.5. The predicted molar refractivity (Wildman–Crippen MR) is 122 cm³/mol. The van der Waals surface area contributed by atoms with E-state index in [1.165, 1.54) is 7.05 Å². The first-order chi connectivity index (χ1) is 15.9. The zero-order valence-electron chi connectivity index (χ0n) is 18.9. The normalized spacial score (nSPS) is 18.5. The van der Waals surface area contributed by atoms with Crippen LogP contribution in [0.2, 0.25) is 0 Å². The van der Waals surface area contributed by atoms with Gasteiger partial charge in [-0.05, 0) is 37.6 Å². The monoisotopic (exact) mass is 451 g/mol. The van der Waals surface area contributed by atoms with E-state index in [9.17, 15) is 14.0 Å². The summed E-state index contributed by atoms with van der Waals surface area (Å²) in [5, 5.41) is 10.1. The van der Waals surface area contributed by atoms with Crippen LogP contribution in [0.1, 0.15) is 40.2 Å². The topological polar surface area (TPSA) is 94.9 Å². The zero-order valence-corrected chi connectivity index (χ0v) is 18.9. The Hall–Kier alpha value is -3.53. The van der Waals surface area contributed by atoms with Gasteiger partial charge >= 0.3 is 0 Å². The van der Waals surface area contributed by atoms with E-state index >= 15 is 0 Å². The molecule has 2 N–H and O–H groups in total. The Morgan fingerprint density at radius 3 is 2.73 bits per heavy atom. The molecule has 0 bridgehead atoms. The molecule has 0 aliphatic carbocycles. The van der Waals surface area contributed by atoms with Crippen molar-refractivity contribution in [2.45, 2.75) is 26.3 Å². The molecule has 2 amide bonds. The van der Waals surface area contributed by atoms with Gasteiger partial charge in [0.2, 0.25) is 11.9 Å². The first-order valence-corrected chi connectivity index (χ1v) is 11.0. The molecule has 2 aliphatic rings. The van der Waals surface area contributed by atoms with Crippen molar-refractivity contribution >= 4 is 28.7 Å². The molecule has 9 nitrogen and oxygen atoms in total. The Kier molecular flexibility index (Phi) is 5.24. The highest BCUT2D eigenvalue weighted by molar-refractivity contribution is 6.05. The van der Waals surface area contributed by atoms with E-state index in [2.05, 4.69) is 25.6 Å². The number of carbonyl (C=O) groups is 2. The minimum absolute atomic E-state index is 0.00987. The SMILES string of the molecule is CNC(=O)c1ccc(N2CCN(Cc3cc4c5c(c(C)nn5c3)[C@@H](C)C(=O)N4)CC2)c(F)n1. The van der Waals surface area contributed by atoms with E-state index in [-0.39, 0.29) is 17.5 Å². The van der Waals surface area contributed by atoms with Crippen LogP contribution in [0.25, 0.3) is 5.52 Å². The van der Waals surface area contributed by atoms with E-state index in [4.69, 9.17) is 0 Å². The average Bonchev–Trinajstić information content (AvgIpc) is 3.14. The Bertz CT molecular complexity index is 1260. The summed E-state index contributed by atoms with van der Waals surface area (Å²) in [6, 6.07) is 5.18. The van der Waals surface area contributed by atoms with E-state index in [1.807, 2.05) is 35.5 Å². The Morgan fingerprint density at radius 1 is 1.27 bits per heavy atom. The number of nitrogens with one attached hydrogen (secondary N) is 2. The minimum atomic E-state index is -0.635. The van der Waals surface area contributed by atoms with Crippen LogP contribution in [0.5, 0.6) is 0 Å². The molecule has 33 heavy (non-hydrogen) atoms. The van der Waals surface area contributed by atoms with E-state index in [0.29, 0.717) is 25.3 Å². The number of rotatable bonds is 4. The standard InChI is InChI=1S/C23H26FN7O2/c1-13-19-14(2)28-31-12-15(10-17(20(19)31)27-22(13)32)11-29-6-8-30(9-7-29)18-5-4-16(23(33)25-3)26-21(18)24/h4-5,10,12-13H,6-9,11H2,1-3H3,(H,25,33)(H,27,32)/t13-/m1/s1. The zero-order chi connectivity index (χ0) is 23.3. The number of hydrogen-bond acceptors (Lipinski definition) is 6. The van der Waals surface area contributed by atoms with Gasteiger partial charge < -0.3 is 15.5 Å². The van der Waals surface area contributed by atoms with Gasteiger partial charge in [0.1, 0.15) is 5.69 Å². The van der Waals surface area contributed by atoms with Crippen LogP contribution in [0.15, 0.2) is 24.4 Å². The van der Waals surface area contributed by atoms with Gasteiger partial charge in [-0.3, -0.25) is 14.5 Å². The lowest BCUT2D eigenvalue weighted by atomic mass is 9.95. The molecule has 0 unspecified atom stereocenters. The summed E-state index contributed by atoms with van der Waals surface area (Å²) in [6.07, 6.45) is 2.02. The number of anilines is 2. The summed E-state index contributed by atoms with van der Waals surface area (Å²) in [5.41, 5.74) is 5.16. The molecule has 3 aromatic rings. The second kappa shape index (κ2) is 8.11. The van der Waals surface area contributed by atoms with E-state index in [1.54, 1.807) is 12.1 Å². The third-order valence-corrected chi connectivity index (χ3v) is 6.50. The molecule has 1 saturated heterocycles. The number of amides is 2. The van der Waals surface area contributed by atoms with Crippen LogP contribution in [0, 0.1) is 12.9 Å². The van der Waals surface area contributed by atoms with Gasteiger partial charge in [0, 0.05) is 51.5 Å². The number of hydrogen-bond donors (Lipinski definition) is 2. The molecule has 10 heteroatoms. The number of piperazine rings is 1. The molecular formula is C23H26FN7O2. The summed E-state index contributed by atoms with van der Waals surface area (Å²) < 4.78 is 16.4. The highest BCUT2D eigenvalue weighted by atomic mass is 19.1. The summed E-state index contributed by atoms with van der Waals surface area (Å²) >= 11 is 0. The number of halogens is 1. The summed E-state index contributed by atoms with van der Waals surface area (Å²) in [4.78, 5) is 32.1. The molecule has 0 radical (unpaired) electrons. The first kappa shape index (κ1) is 21.3. The molecule has 3 aromatic heterocycles. The van der Waals surface area contributed by atoms with Crippen molar-refractivity contribution in [1.29, 1.82) is 0 Å². The lowest BCUT2D eigenvalue weighted by molar-refractivity contribution is -0.117. The van der Waals surface area contributed by atoms with Crippen molar-refractivity contribution in [3.63, 3.8) is 0 Å². The predicted octanol–water partition coefficient (Wildman–Crippen LogP) is 1.91. The number of aromatic nitrogens is 3. The minimum Gasteiger partial charge on any atom is -0.365 e. The lowest BCUT2D eigenvalue weighted by Gasteiger charge is -2.36. The van der Waals surface area contributed by atoms with Gasteiger partial charge in [0.05, 0.1) is 28.5 Å². The highest BCUT2D eigenvalue weighted by Crippen LogP contribution is 2.35. The third kappa shape index (κ3) is 3.70. The van der Waals surface area contributed by atoms with Crippen LogP contribution in [-0.2, 0) is 11.3 Å². The largest absolute Gasteiger partial charge is 0.365 e. The average molecular weight is 452 g/mol. The number of nitrogens with zero attached hydrogens (tertiary/aromatic N) is 5. The Balaban J connectivity index is 1.29. The third-order valence-electron chi connectivity index (χ3n) is 6.50. The molecule has 1 fully saturated rings. The quantitative estimate of drug-likeness (QED) is 0.589. The maximum atomic E-state index is 14.5. The van der Waals surface area contributed by atoms with Crippen molar-refractivity contribution in [1.82, 2.24) is 24.8 Å². The molecule has 0 spiro atoms. The van der Waals surface area contributed by atoms with Crippen molar-refractivity contribution in [2.24, 2.45) is 0 Å². The van der Waals surface area contributed by atoms with Gasteiger partial charge in [-0.25, -0.2) is 9.50 Å². The number of carbonyl (C=O) groups excluding carboxylic acids is 2. The second-order valence-corrected chi connectivity index (χ2v) is 8.61. The smallest absolute Gasteiger partial charge is 0.269 e. The highest BCUT2D eigenvalue weighted by Gasteiger charge is 2.30. The fourth-order valence-corrected chi connectivity index (χ4v) is 4.76. The maximum Gasteiger partial charge on any atom is 0.269 e. The van der Waals surface area contributed by atoms with Gasteiger partial charge in [-0.2, -0.15) is 9.49 Å². The molecule has 2 aliphatic heterocycles. The lowest BCUT2D eigenvalue weighted by Crippen LogP contribution is -2.46. The van der Waals surface area contributed by atoms with Crippen LogP contribution in [-0.4, -0.2) is 64.5 Å². The summed E-state index contributed by atoms with van der Waals surface area (Å²) in [6.45, 7) is 7.33. The van der Waals surface area contributed by atoms with Gasteiger partial charge in [0.15, 0.2) is 0 Å². The number of pyridine rings is 2. The van der Waals surface area contributed by atoms with Crippen molar-refractivity contribution in [2.75, 3.05) is 43.4 Å². The first-order valence-electron chi connectivity index (χ1n) is 11.0. The molecule has 172 valence electrons. The van der Waals surface area contributed by atoms with Crippen LogP contribution < -0.4 is 15.5 Å². The second-order valence-electron chi connectivity index (χ2n) is 8.61. The summed E-state index contributed by atoms with van der Waals surface area (Å²) in [7, 11) is 1.49. The number of aryl methyl sites for hydroxylation is 1. The molecule has 0 aromatic carbocycles. The van der Waals surface area contributed by atoms with E-state index < -0.39 is 11.9 Å².